The summed E-state index contributed by atoms with van der Waals surface area (Å²) in [5.41, 5.74) is 1.94. The molecule has 4 N–H and O–H groups in total. The molecule has 0 aliphatic rings. The predicted molar refractivity (Wildman–Crippen MR) is 89.5 cm³/mol. The van der Waals surface area contributed by atoms with Crippen LogP contribution in [0.25, 0.3) is 10.2 Å². The third-order valence-corrected chi connectivity index (χ3v) is 3.70. The fourth-order valence-corrected chi connectivity index (χ4v) is 2.86. The van der Waals surface area contributed by atoms with E-state index in [2.05, 4.69) is 15.6 Å². The minimum Gasteiger partial charge on any atom is -0.412 e. The summed E-state index contributed by atoms with van der Waals surface area (Å²) < 4.78 is 1.15. The van der Waals surface area contributed by atoms with Crippen LogP contribution in [0.3, 0.4) is 0 Å². The van der Waals surface area contributed by atoms with Crippen LogP contribution in [0.5, 0.6) is 0 Å². The van der Waals surface area contributed by atoms with E-state index in [1.54, 1.807) is 11.3 Å². The second kappa shape index (κ2) is 6.42. The molecule has 0 atom stereocenters. The number of nitrogens with zero attached hydrogens (tertiary/aromatic N) is 1. The number of aromatic nitrogens is 1. The van der Waals surface area contributed by atoms with Crippen molar-refractivity contribution in [2.75, 3.05) is 10.6 Å². The summed E-state index contributed by atoms with van der Waals surface area (Å²) in [5, 5.41) is 7.58. The van der Waals surface area contributed by atoms with E-state index in [1.807, 2.05) is 54.6 Å². The first-order valence-corrected chi connectivity index (χ1v) is 7.02. The van der Waals surface area contributed by atoms with Crippen molar-refractivity contribution in [2.24, 2.45) is 0 Å². The first-order chi connectivity index (χ1) is 9.31. The lowest BCUT2D eigenvalue weighted by atomic mass is 10.3. The van der Waals surface area contributed by atoms with Crippen LogP contribution in [0.1, 0.15) is 0 Å². The predicted octanol–water partition coefficient (Wildman–Crippen LogP) is 3.28. The van der Waals surface area contributed by atoms with Crippen LogP contribution >= 0.6 is 23.6 Å². The van der Waals surface area contributed by atoms with Crippen LogP contribution in [-0.2, 0) is 0 Å². The Hall–Kier alpha value is -2.02. The lowest BCUT2D eigenvalue weighted by Crippen LogP contribution is -2.18. The number of hydrogen-bond donors (Lipinski definition) is 2. The van der Waals surface area contributed by atoms with Crippen molar-refractivity contribution in [3.05, 3.63) is 54.6 Å². The maximum Gasteiger partial charge on any atom is 0.190 e. The average Bonchev–Trinajstić information content (AvgIpc) is 2.81. The number of anilines is 2. The third-order valence-electron chi connectivity index (χ3n) is 2.55. The van der Waals surface area contributed by atoms with Crippen molar-refractivity contribution in [2.45, 2.75) is 0 Å². The molecule has 4 nitrogen and oxygen atoms in total. The number of nitrogens with one attached hydrogen (secondary N) is 2. The standard InChI is InChI=1S/C14H11N3S2.H2O/c18-13(15-10-6-2-1-3-7-10)17-14-16-11-8-4-5-9-12(11)19-14;/h1-9H,(H2,15,16,17,18);1H2. The van der Waals surface area contributed by atoms with Gasteiger partial charge in [0.25, 0.3) is 0 Å². The van der Waals surface area contributed by atoms with Gasteiger partial charge in [-0.15, -0.1) is 0 Å². The van der Waals surface area contributed by atoms with Crippen LogP contribution in [0.15, 0.2) is 54.6 Å². The van der Waals surface area contributed by atoms with Gasteiger partial charge in [-0.2, -0.15) is 0 Å². The summed E-state index contributed by atoms with van der Waals surface area (Å²) >= 11 is 6.85. The Labute approximate surface area is 125 Å². The van der Waals surface area contributed by atoms with Crippen molar-refractivity contribution < 1.29 is 5.48 Å². The SMILES string of the molecule is O.S=C(Nc1ccccc1)Nc1nc2ccccc2s1. The van der Waals surface area contributed by atoms with Gasteiger partial charge in [0.05, 0.1) is 10.2 Å². The highest BCUT2D eigenvalue weighted by Gasteiger charge is 2.04. The number of para-hydroxylation sites is 2. The summed E-state index contributed by atoms with van der Waals surface area (Å²) in [7, 11) is 0. The van der Waals surface area contributed by atoms with Crippen LogP contribution in [0.4, 0.5) is 10.8 Å². The van der Waals surface area contributed by atoms with Gasteiger partial charge in [-0.1, -0.05) is 41.7 Å². The van der Waals surface area contributed by atoms with E-state index < -0.39 is 0 Å². The molecule has 1 aromatic heterocycles. The fourth-order valence-electron chi connectivity index (χ4n) is 1.71. The molecule has 0 spiro atoms. The van der Waals surface area contributed by atoms with Crippen molar-refractivity contribution >= 4 is 49.7 Å². The van der Waals surface area contributed by atoms with Gasteiger partial charge in [-0.25, -0.2) is 4.98 Å². The average molecular weight is 303 g/mol. The summed E-state index contributed by atoms with van der Waals surface area (Å²) in [6.07, 6.45) is 0. The number of hydrogen-bond acceptors (Lipinski definition) is 3. The number of fused-ring (bicyclic) bond motifs is 1. The number of rotatable bonds is 2. The summed E-state index contributed by atoms with van der Waals surface area (Å²) in [6, 6.07) is 17.8. The van der Waals surface area contributed by atoms with Gasteiger partial charge in [0.1, 0.15) is 0 Å². The molecule has 20 heavy (non-hydrogen) atoms. The Balaban J connectivity index is 0.00000147. The highest BCUT2D eigenvalue weighted by molar-refractivity contribution is 7.80. The Morgan fingerprint density at radius 3 is 2.40 bits per heavy atom. The Morgan fingerprint density at radius 1 is 0.950 bits per heavy atom. The summed E-state index contributed by atoms with van der Waals surface area (Å²) in [4.78, 5) is 4.47. The summed E-state index contributed by atoms with van der Waals surface area (Å²) in [6.45, 7) is 0. The van der Waals surface area contributed by atoms with Gasteiger partial charge in [0, 0.05) is 5.69 Å². The van der Waals surface area contributed by atoms with Crippen LogP contribution in [-0.4, -0.2) is 15.6 Å². The highest BCUT2D eigenvalue weighted by atomic mass is 32.1. The zero-order chi connectivity index (χ0) is 13.1. The maximum atomic E-state index is 5.27. The largest absolute Gasteiger partial charge is 0.412 e. The molecule has 0 saturated carbocycles. The van der Waals surface area contributed by atoms with Crippen LogP contribution in [0, 0.1) is 0 Å². The van der Waals surface area contributed by atoms with Gasteiger partial charge in [-0.05, 0) is 36.5 Å². The zero-order valence-electron chi connectivity index (χ0n) is 10.5. The Bertz CT molecular complexity index is 680. The number of thiocarbonyl (C=S) groups is 1. The Morgan fingerprint density at radius 2 is 1.65 bits per heavy atom. The van der Waals surface area contributed by atoms with E-state index in [0.29, 0.717) is 5.11 Å². The fraction of sp³-hybridized carbons (Fsp3) is 0. The molecular weight excluding hydrogens is 290 g/mol. The molecule has 0 fully saturated rings. The zero-order valence-corrected chi connectivity index (χ0v) is 12.1. The molecule has 6 heteroatoms. The van der Waals surface area contributed by atoms with Crippen molar-refractivity contribution in [3.63, 3.8) is 0 Å². The molecule has 0 unspecified atom stereocenters. The molecule has 2 aromatic carbocycles. The van der Waals surface area contributed by atoms with Crippen molar-refractivity contribution in [1.82, 2.24) is 4.98 Å². The molecule has 1 heterocycles. The van der Waals surface area contributed by atoms with Crippen molar-refractivity contribution in [1.29, 1.82) is 0 Å². The molecule has 3 rings (SSSR count). The molecule has 0 saturated heterocycles. The number of thiazole rings is 1. The monoisotopic (exact) mass is 303 g/mol. The van der Waals surface area contributed by atoms with Gasteiger partial charge >= 0.3 is 0 Å². The second-order valence-corrected chi connectivity index (χ2v) is 5.37. The quantitative estimate of drug-likeness (QED) is 0.713. The molecule has 0 amide bonds. The third kappa shape index (κ3) is 3.30. The van der Waals surface area contributed by atoms with E-state index in [4.69, 9.17) is 12.2 Å². The van der Waals surface area contributed by atoms with Crippen molar-refractivity contribution in [3.8, 4) is 0 Å². The first-order valence-electron chi connectivity index (χ1n) is 5.80. The molecule has 102 valence electrons. The highest BCUT2D eigenvalue weighted by Crippen LogP contribution is 2.25. The van der Waals surface area contributed by atoms with E-state index >= 15 is 0 Å². The lowest BCUT2D eigenvalue weighted by molar-refractivity contribution is 0.824. The van der Waals surface area contributed by atoms with E-state index in [9.17, 15) is 0 Å². The molecule has 0 aliphatic heterocycles. The van der Waals surface area contributed by atoms with Gasteiger partial charge in [0.2, 0.25) is 0 Å². The van der Waals surface area contributed by atoms with E-state index in [1.165, 1.54) is 0 Å². The lowest BCUT2D eigenvalue weighted by Gasteiger charge is -2.07. The van der Waals surface area contributed by atoms with Crippen LogP contribution in [0.2, 0.25) is 0 Å². The Kier molecular flexibility index (Phi) is 4.62. The molecule has 0 aliphatic carbocycles. The molecule has 3 aromatic rings. The minimum absolute atomic E-state index is 0. The van der Waals surface area contributed by atoms with E-state index in [0.717, 1.165) is 21.0 Å². The molecule has 0 bridgehead atoms. The minimum atomic E-state index is 0. The van der Waals surface area contributed by atoms with Gasteiger partial charge < -0.3 is 16.1 Å². The van der Waals surface area contributed by atoms with E-state index in [-0.39, 0.29) is 5.48 Å². The first kappa shape index (κ1) is 14.4. The normalized spacial score (nSPS) is 9.80. The summed E-state index contributed by atoms with van der Waals surface area (Å²) in [5.74, 6) is 0. The smallest absolute Gasteiger partial charge is 0.190 e. The molecular formula is C14H13N3OS2. The molecule has 0 radical (unpaired) electrons. The second-order valence-electron chi connectivity index (χ2n) is 3.93. The van der Waals surface area contributed by atoms with Gasteiger partial charge in [-0.3, -0.25) is 0 Å². The van der Waals surface area contributed by atoms with Gasteiger partial charge in [0.15, 0.2) is 10.2 Å². The topological polar surface area (TPSA) is 68.5 Å². The maximum absolute atomic E-state index is 5.27. The number of benzene rings is 2. The van der Waals surface area contributed by atoms with Crippen LogP contribution < -0.4 is 10.6 Å².